The van der Waals surface area contributed by atoms with E-state index in [9.17, 15) is 4.79 Å². The number of rotatable bonds is 6. The number of nitrogens with one attached hydrogen (secondary N) is 1. The van der Waals surface area contributed by atoms with Gasteiger partial charge in [0.2, 0.25) is 0 Å². The fourth-order valence-corrected chi connectivity index (χ4v) is 1.94. The molecule has 1 aromatic heterocycles. The van der Waals surface area contributed by atoms with Gasteiger partial charge in [0.1, 0.15) is 0 Å². The van der Waals surface area contributed by atoms with Gasteiger partial charge in [0.05, 0.1) is 31.5 Å². The molecule has 1 amide bonds. The van der Waals surface area contributed by atoms with Gasteiger partial charge in [-0.1, -0.05) is 42.1 Å². The van der Waals surface area contributed by atoms with Crippen molar-refractivity contribution in [3.8, 4) is 5.75 Å². The lowest BCUT2D eigenvalue weighted by Gasteiger charge is -2.01. The number of amides is 1. The maximum atomic E-state index is 11.6. The van der Waals surface area contributed by atoms with Crippen LogP contribution in [0.3, 0.4) is 0 Å². The number of ether oxygens (including phenoxy) is 1. The van der Waals surface area contributed by atoms with Gasteiger partial charge in [0.15, 0.2) is 10.9 Å². The Hall–Kier alpha value is -2.41. The van der Waals surface area contributed by atoms with Crippen molar-refractivity contribution < 1.29 is 9.53 Å². The first-order valence-corrected chi connectivity index (χ1v) is 7.12. The second-order valence-corrected chi connectivity index (χ2v) is 4.84. The third-order valence-electron chi connectivity index (χ3n) is 2.37. The molecule has 0 fully saturated rings. The molecule has 21 heavy (non-hydrogen) atoms. The second-order valence-electron chi connectivity index (χ2n) is 3.90. The Balaban J connectivity index is 1.75. The summed E-state index contributed by atoms with van der Waals surface area (Å²) in [7, 11) is 1.55. The minimum absolute atomic E-state index is 0.193. The third-order valence-corrected chi connectivity index (χ3v) is 3.25. The van der Waals surface area contributed by atoms with Crippen LogP contribution in [0.1, 0.15) is 5.56 Å². The summed E-state index contributed by atoms with van der Waals surface area (Å²) in [5, 5.41) is 4.39. The Morgan fingerprint density at radius 3 is 2.71 bits per heavy atom. The van der Waals surface area contributed by atoms with Gasteiger partial charge in [0.25, 0.3) is 5.91 Å². The van der Waals surface area contributed by atoms with Crippen molar-refractivity contribution in [1.82, 2.24) is 15.4 Å². The number of carbonyl (C=O) groups excluding carboxylic acids is 1. The number of methoxy groups -OCH3 is 1. The van der Waals surface area contributed by atoms with E-state index in [1.54, 1.807) is 25.7 Å². The molecule has 6 nitrogen and oxygen atoms in total. The van der Waals surface area contributed by atoms with Crippen molar-refractivity contribution in [1.29, 1.82) is 0 Å². The summed E-state index contributed by atoms with van der Waals surface area (Å²) in [4.78, 5) is 19.7. The van der Waals surface area contributed by atoms with Gasteiger partial charge in [-0.2, -0.15) is 5.10 Å². The van der Waals surface area contributed by atoms with Crippen LogP contribution in [0.25, 0.3) is 0 Å². The van der Waals surface area contributed by atoms with Gasteiger partial charge < -0.3 is 4.74 Å². The van der Waals surface area contributed by atoms with Crippen LogP contribution in [-0.2, 0) is 4.79 Å². The maximum absolute atomic E-state index is 11.6. The van der Waals surface area contributed by atoms with E-state index < -0.39 is 0 Å². The molecule has 108 valence electrons. The Morgan fingerprint density at radius 1 is 1.33 bits per heavy atom. The largest absolute Gasteiger partial charge is 0.494 e. The number of nitrogens with zero attached hydrogens (tertiary/aromatic N) is 3. The van der Waals surface area contributed by atoms with Crippen molar-refractivity contribution in [2.45, 2.75) is 5.16 Å². The van der Waals surface area contributed by atoms with E-state index in [0.717, 1.165) is 5.56 Å². The van der Waals surface area contributed by atoms with Crippen molar-refractivity contribution in [2.24, 2.45) is 5.10 Å². The van der Waals surface area contributed by atoms with E-state index >= 15 is 0 Å². The molecule has 0 aliphatic rings. The normalized spacial score (nSPS) is 10.5. The predicted molar refractivity (Wildman–Crippen MR) is 81.5 cm³/mol. The molecule has 0 atom stereocenters. The highest BCUT2D eigenvalue weighted by molar-refractivity contribution is 7.99. The summed E-state index contributed by atoms with van der Waals surface area (Å²) in [5.41, 5.74) is 3.37. The number of hydrogen-bond acceptors (Lipinski definition) is 6. The van der Waals surface area contributed by atoms with Crippen LogP contribution in [0.4, 0.5) is 0 Å². The monoisotopic (exact) mass is 302 g/mol. The Morgan fingerprint density at radius 2 is 2.05 bits per heavy atom. The Bertz CT molecular complexity index is 602. The summed E-state index contributed by atoms with van der Waals surface area (Å²) in [6, 6.07) is 9.52. The number of aromatic nitrogens is 2. The lowest BCUT2D eigenvalue weighted by molar-refractivity contribution is -0.118. The highest BCUT2D eigenvalue weighted by Gasteiger charge is 2.04. The summed E-state index contributed by atoms with van der Waals surface area (Å²) >= 11 is 1.23. The summed E-state index contributed by atoms with van der Waals surface area (Å²) < 4.78 is 4.96. The maximum Gasteiger partial charge on any atom is 0.250 e. The first-order valence-electron chi connectivity index (χ1n) is 6.13. The highest BCUT2D eigenvalue weighted by Crippen LogP contribution is 2.14. The fourth-order valence-electron chi connectivity index (χ4n) is 1.36. The zero-order valence-electron chi connectivity index (χ0n) is 11.4. The van der Waals surface area contributed by atoms with Crippen LogP contribution in [0.15, 0.2) is 53.0 Å². The SMILES string of the molecule is COc1cnc(SCC(=O)N/N=C/c2ccccc2)nc1. The van der Waals surface area contributed by atoms with Gasteiger partial charge >= 0.3 is 0 Å². The molecular formula is C14H14N4O2S. The molecule has 0 aliphatic carbocycles. The van der Waals surface area contributed by atoms with Gasteiger partial charge in [-0.05, 0) is 5.56 Å². The Kier molecular flexibility index (Phi) is 5.71. The van der Waals surface area contributed by atoms with Gasteiger partial charge in [0, 0.05) is 0 Å². The highest BCUT2D eigenvalue weighted by atomic mass is 32.2. The molecule has 0 bridgehead atoms. The zero-order valence-corrected chi connectivity index (χ0v) is 12.2. The topological polar surface area (TPSA) is 76.5 Å². The van der Waals surface area contributed by atoms with Gasteiger partial charge in [-0.25, -0.2) is 15.4 Å². The molecule has 1 aromatic carbocycles. The van der Waals surface area contributed by atoms with E-state index in [1.165, 1.54) is 11.8 Å². The van der Waals surface area contributed by atoms with Crippen LogP contribution >= 0.6 is 11.8 Å². The van der Waals surface area contributed by atoms with Gasteiger partial charge in [-0.3, -0.25) is 4.79 Å². The Labute approximate surface area is 126 Å². The summed E-state index contributed by atoms with van der Waals surface area (Å²) in [6.07, 6.45) is 4.70. The molecule has 0 radical (unpaired) electrons. The van der Waals surface area contributed by atoms with E-state index in [-0.39, 0.29) is 11.7 Å². The molecule has 1 N–H and O–H groups in total. The van der Waals surface area contributed by atoms with E-state index in [0.29, 0.717) is 10.9 Å². The molecule has 0 saturated heterocycles. The first-order chi connectivity index (χ1) is 10.3. The molecule has 2 aromatic rings. The minimum atomic E-state index is -0.216. The molecular weight excluding hydrogens is 288 g/mol. The first kappa shape index (κ1) is 15.0. The van der Waals surface area contributed by atoms with Crippen LogP contribution in [0.2, 0.25) is 0 Å². The van der Waals surface area contributed by atoms with E-state index in [2.05, 4.69) is 20.5 Å². The molecule has 0 unspecified atom stereocenters. The quantitative estimate of drug-likeness (QED) is 0.380. The average Bonchev–Trinajstić information content (AvgIpc) is 2.54. The fraction of sp³-hybridized carbons (Fsp3) is 0.143. The number of hydrogen-bond donors (Lipinski definition) is 1. The summed E-state index contributed by atoms with van der Waals surface area (Å²) in [6.45, 7) is 0. The minimum Gasteiger partial charge on any atom is -0.494 e. The smallest absolute Gasteiger partial charge is 0.250 e. The second kappa shape index (κ2) is 8.01. The van der Waals surface area contributed by atoms with Crippen molar-refractivity contribution >= 4 is 23.9 Å². The van der Waals surface area contributed by atoms with E-state index in [4.69, 9.17) is 4.74 Å². The molecule has 2 rings (SSSR count). The number of thioether (sulfide) groups is 1. The van der Waals surface area contributed by atoms with Crippen LogP contribution in [0, 0.1) is 0 Å². The van der Waals surface area contributed by atoms with Crippen molar-refractivity contribution in [2.75, 3.05) is 12.9 Å². The molecule has 7 heteroatoms. The lowest BCUT2D eigenvalue weighted by atomic mass is 10.2. The number of hydrazone groups is 1. The standard InChI is InChI=1S/C14H14N4O2S/c1-20-12-8-15-14(16-9-12)21-10-13(19)18-17-7-11-5-3-2-4-6-11/h2-9H,10H2,1H3,(H,18,19)/b17-7+. The third kappa shape index (κ3) is 5.23. The van der Waals surface area contributed by atoms with E-state index in [1.807, 2.05) is 30.3 Å². The van der Waals surface area contributed by atoms with Crippen molar-refractivity contribution in [3.63, 3.8) is 0 Å². The molecule has 1 heterocycles. The van der Waals surface area contributed by atoms with Gasteiger partial charge in [-0.15, -0.1) is 0 Å². The predicted octanol–water partition coefficient (Wildman–Crippen LogP) is 1.73. The average molecular weight is 302 g/mol. The van der Waals surface area contributed by atoms with Crippen LogP contribution in [0.5, 0.6) is 5.75 Å². The lowest BCUT2D eigenvalue weighted by Crippen LogP contribution is -2.19. The van der Waals surface area contributed by atoms with Crippen LogP contribution in [-0.4, -0.2) is 35.0 Å². The summed E-state index contributed by atoms with van der Waals surface area (Å²) in [5.74, 6) is 0.557. The molecule has 0 spiro atoms. The number of carbonyl (C=O) groups is 1. The number of benzene rings is 1. The van der Waals surface area contributed by atoms with Crippen LogP contribution < -0.4 is 10.2 Å². The molecule has 0 saturated carbocycles. The van der Waals surface area contributed by atoms with Crippen molar-refractivity contribution in [3.05, 3.63) is 48.3 Å². The zero-order chi connectivity index (χ0) is 14.9. The molecule has 0 aliphatic heterocycles.